The first-order valence-corrected chi connectivity index (χ1v) is 11.0. The molecule has 4 heterocycles. The SMILES string of the molecule is Cc1cccn2c(NC(C)(C)C)c(C3CCN(C(=O)C4CCOCC4)CC3)nc12. The molecule has 0 aromatic carbocycles. The van der Waals surface area contributed by atoms with E-state index in [9.17, 15) is 4.79 Å². The molecule has 6 heteroatoms. The third kappa shape index (κ3) is 4.27. The summed E-state index contributed by atoms with van der Waals surface area (Å²) in [5, 5.41) is 3.69. The second-order valence-corrected chi connectivity index (χ2v) is 9.59. The summed E-state index contributed by atoms with van der Waals surface area (Å²) in [7, 11) is 0. The summed E-state index contributed by atoms with van der Waals surface area (Å²) in [5.41, 5.74) is 3.30. The van der Waals surface area contributed by atoms with Gasteiger partial charge in [0.15, 0.2) is 0 Å². The van der Waals surface area contributed by atoms with Crippen molar-refractivity contribution >= 4 is 17.4 Å². The average molecular weight is 399 g/mol. The second kappa shape index (κ2) is 7.98. The molecule has 158 valence electrons. The summed E-state index contributed by atoms with van der Waals surface area (Å²) in [6.07, 6.45) is 5.76. The smallest absolute Gasteiger partial charge is 0.225 e. The molecule has 0 bridgehead atoms. The van der Waals surface area contributed by atoms with E-state index in [-0.39, 0.29) is 11.5 Å². The van der Waals surface area contributed by atoms with E-state index in [0.717, 1.165) is 69.1 Å². The van der Waals surface area contributed by atoms with Gasteiger partial charge in [-0.05, 0) is 65.0 Å². The van der Waals surface area contributed by atoms with Crippen LogP contribution in [-0.2, 0) is 9.53 Å². The van der Waals surface area contributed by atoms with Crippen molar-refractivity contribution in [1.29, 1.82) is 0 Å². The first-order valence-electron chi connectivity index (χ1n) is 11.0. The lowest BCUT2D eigenvalue weighted by Gasteiger charge is -2.35. The van der Waals surface area contributed by atoms with Crippen molar-refractivity contribution < 1.29 is 9.53 Å². The standard InChI is InChI=1S/C23H34N4O2/c1-16-6-5-11-27-20(16)24-19(21(27)25-23(2,3)4)17-7-12-26(13-8-17)22(28)18-9-14-29-15-10-18/h5-6,11,17-18,25H,7-10,12-15H2,1-4H3. The molecule has 0 saturated carbocycles. The van der Waals surface area contributed by atoms with Crippen LogP contribution in [0.5, 0.6) is 0 Å². The van der Waals surface area contributed by atoms with E-state index in [1.54, 1.807) is 0 Å². The van der Waals surface area contributed by atoms with E-state index in [1.165, 1.54) is 5.56 Å². The van der Waals surface area contributed by atoms with Crippen LogP contribution in [0.15, 0.2) is 18.3 Å². The number of ether oxygens (including phenoxy) is 1. The number of anilines is 1. The molecule has 29 heavy (non-hydrogen) atoms. The van der Waals surface area contributed by atoms with Gasteiger partial charge in [-0.3, -0.25) is 9.20 Å². The molecule has 0 unspecified atom stereocenters. The van der Waals surface area contributed by atoms with Crippen molar-refractivity contribution in [2.24, 2.45) is 5.92 Å². The summed E-state index contributed by atoms with van der Waals surface area (Å²) in [4.78, 5) is 20.0. The maximum absolute atomic E-state index is 12.9. The number of pyridine rings is 1. The van der Waals surface area contributed by atoms with Gasteiger partial charge in [-0.15, -0.1) is 0 Å². The lowest BCUT2D eigenvalue weighted by atomic mass is 9.91. The highest BCUT2D eigenvalue weighted by atomic mass is 16.5. The van der Waals surface area contributed by atoms with Crippen molar-refractivity contribution in [2.75, 3.05) is 31.6 Å². The molecule has 2 aliphatic heterocycles. The van der Waals surface area contributed by atoms with Crippen LogP contribution in [0.4, 0.5) is 5.82 Å². The van der Waals surface area contributed by atoms with Gasteiger partial charge in [-0.25, -0.2) is 4.98 Å². The third-order valence-electron chi connectivity index (χ3n) is 6.13. The number of nitrogens with one attached hydrogen (secondary N) is 1. The predicted molar refractivity (Wildman–Crippen MR) is 115 cm³/mol. The van der Waals surface area contributed by atoms with Crippen LogP contribution in [0.2, 0.25) is 0 Å². The fraction of sp³-hybridized carbons (Fsp3) is 0.652. The second-order valence-electron chi connectivity index (χ2n) is 9.59. The number of fused-ring (bicyclic) bond motifs is 1. The minimum absolute atomic E-state index is 0.0474. The number of amides is 1. The number of rotatable bonds is 3. The van der Waals surface area contributed by atoms with E-state index in [4.69, 9.17) is 9.72 Å². The molecule has 2 aliphatic rings. The van der Waals surface area contributed by atoms with Gasteiger partial charge in [0, 0.05) is 49.9 Å². The van der Waals surface area contributed by atoms with Gasteiger partial charge in [-0.2, -0.15) is 0 Å². The molecular weight excluding hydrogens is 364 g/mol. The highest BCUT2D eigenvalue weighted by molar-refractivity contribution is 5.79. The molecule has 4 rings (SSSR count). The maximum Gasteiger partial charge on any atom is 0.225 e. The Bertz CT molecular complexity index is 869. The Morgan fingerprint density at radius 1 is 1.17 bits per heavy atom. The van der Waals surface area contributed by atoms with Crippen LogP contribution in [0.1, 0.15) is 63.6 Å². The molecule has 0 radical (unpaired) electrons. The number of carbonyl (C=O) groups is 1. The number of hydrogen-bond acceptors (Lipinski definition) is 4. The molecule has 2 aromatic rings. The minimum atomic E-state index is -0.0474. The van der Waals surface area contributed by atoms with E-state index < -0.39 is 0 Å². The Balaban J connectivity index is 1.54. The Morgan fingerprint density at radius 3 is 2.52 bits per heavy atom. The molecule has 0 aliphatic carbocycles. The number of aryl methyl sites for hydroxylation is 1. The monoisotopic (exact) mass is 398 g/mol. The van der Waals surface area contributed by atoms with Gasteiger partial charge in [0.2, 0.25) is 5.91 Å². The quantitative estimate of drug-likeness (QED) is 0.849. The lowest BCUT2D eigenvalue weighted by molar-refractivity contribution is -0.139. The normalized spacial score (nSPS) is 19.7. The highest BCUT2D eigenvalue weighted by Crippen LogP contribution is 2.35. The topological polar surface area (TPSA) is 58.9 Å². The number of imidazole rings is 1. The zero-order chi connectivity index (χ0) is 20.6. The zero-order valence-corrected chi connectivity index (χ0v) is 18.2. The van der Waals surface area contributed by atoms with Gasteiger partial charge < -0.3 is 15.0 Å². The summed E-state index contributed by atoms with van der Waals surface area (Å²) in [6.45, 7) is 11.7. The molecule has 0 atom stereocenters. The van der Waals surface area contributed by atoms with E-state index >= 15 is 0 Å². The number of carbonyl (C=O) groups excluding carboxylic acids is 1. The molecule has 2 aromatic heterocycles. The summed E-state index contributed by atoms with van der Waals surface area (Å²) in [5.74, 6) is 1.95. The number of aromatic nitrogens is 2. The zero-order valence-electron chi connectivity index (χ0n) is 18.2. The van der Waals surface area contributed by atoms with Gasteiger partial charge in [0.05, 0.1) is 5.69 Å². The first kappa shape index (κ1) is 20.2. The number of hydrogen-bond donors (Lipinski definition) is 1. The fourth-order valence-electron chi connectivity index (χ4n) is 4.56. The minimum Gasteiger partial charge on any atom is -0.381 e. The van der Waals surface area contributed by atoms with Crippen molar-refractivity contribution in [2.45, 2.75) is 64.8 Å². The van der Waals surface area contributed by atoms with Crippen LogP contribution in [-0.4, -0.2) is 52.0 Å². The van der Waals surface area contributed by atoms with Gasteiger partial charge in [-0.1, -0.05) is 6.07 Å². The predicted octanol–water partition coefficient (Wildman–Crippen LogP) is 3.99. The van der Waals surface area contributed by atoms with E-state index in [0.29, 0.717) is 11.8 Å². The molecule has 1 N–H and O–H groups in total. The van der Waals surface area contributed by atoms with Crippen LogP contribution >= 0.6 is 0 Å². The van der Waals surface area contributed by atoms with Crippen molar-refractivity contribution in [3.05, 3.63) is 29.6 Å². The Morgan fingerprint density at radius 2 is 1.86 bits per heavy atom. The molecule has 1 amide bonds. The van der Waals surface area contributed by atoms with Crippen LogP contribution in [0.25, 0.3) is 5.65 Å². The first-order chi connectivity index (χ1) is 13.8. The van der Waals surface area contributed by atoms with Gasteiger partial charge in [0.1, 0.15) is 11.5 Å². The number of likely N-dealkylation sites (tertiary alicyclic amines) is 1. The fourth-order valence-corrected chi connectivity index (χ4v) is 4.56. The number of nitrogens with zero attached hydrogens (tertiary/aromatic N) is 3. The van der Waals surface area contributed by atoms with Crippen LogP contribution < -0.4 is 5.32 Å². The molecule has 6 nitrogen and oxygen atoms in total. The molecule has 2 fully saturated rings. The van der Waals surface area contributed by atoms with Gasteiger partial charge in [0.25, 0.3) is 0 Å². The van der Waals surface area contributed by atoms with Crippen molar-refractivity contribution in [1.82, 2.24) is 14.3 Å². The Kier molecular flexibility index (Phi) is 5.56. The molecular formula is C23H34N4O2. The Hall–Kier alpha value is -2.08. The number of piperidine rings is 1. The van der Waals surface area contributed by atoms with Crippen molar-refractivity contribution in [3.8, 4) is 0 Å². The Labute approximate surface area is 173 Å². The molecule has 2 saturated heterocycles. The van der Waals surface area contributed by atoms with Gasteiger partial charge >= 0.3 is 0 Å². The average Bonchev–Trinajstić information content (AvgIpc) is 3.06. The summed E-state index contributed by atoms with van der Waals surface area (Å²) in [6, 6.07) is 4.19. The highest BCUT2D eigenvalue weighted by Gasteiger charge is 2.32. The summed E-state index contributed by atoms with van der Waals surface area (Å²) < 4.78 is 7.61. The van der Waals surface area contributed by atoms with Crippen LogP contribution in [0, 0.1) is 12.8 Å². The van der Waals surface area contributed by atoms with Crippen molar-refractivity contribution in [3.63, 3.8) is 0 Å². The third-order valence-corrected chi connectivity index (χ3v) is 6.13. The molecule has 0 spiro atoms. The van der Waals surface area contributed by atoms with E-state index in [2.05, 4.69) is 60.6 Å². The lowest BCUT2D eigenvalue weighted by Crippen LogP contribution is -2.43. The summed E-state index contributed by atoms with van der Waals surface area (Å²) >= 11 is 0. The van der Waals surface area contributed by atoms with Crippen LogP contribution in [0.3, 0.4) is 0 Å². The van der Waals surface area contributed by atoms with E-state index in [1.807, 2.05) is 0 Å². The maximum atomic E-state index is 12.9. The largest absolute Gasteiger partial charge is 0.381 e.